The molecule has 3 aromatic carbocycles. The van der Waals surface area contributed by atoms with Crippen molar-refractivity contribution < 1.29 is 17.6 Å². The molecule has 4 aromatic rings. The Morgan fingerprint density at radius 3 is 1.50 bits per heavy atom. The maximum absolute atomic E-state index is 14.3. The van der Waals surface area contributed by atoms with Crippen LogP contribution in [0.5, 0.6) is 0 Å². The normalized spacial score (nSPS) is 10.9. The van der Waals surface area contributed by atoms with E-state index >= 15 is 0 Å². The molecule has 1 aromatic heterocycles. The molecule has 0 fully saturated rings. The third kappa shape index (κ3) is 3.51. The summed E-state index contributed by atoms with van der Waals surface area (Å²) in [7, 11) is 0. The van der Waals surface area contributed by atoms with Gasteiger partial charge in [-0.1, -0.05) is 30.3 Å². The molecule has 28 heavy (non-hydrogen) atoms. The second-order valence-electron chi connectivity index (χ2n) is 6.24. The average molecular weight is 379 g/mol. The lowest BCUT2D eigenvalue weighted by Crippen LogP contribution is -1.96. The molecular formula is C23H13F4N. The maximum Gasteiger partial charge on any atom is 0.132 e. The van der Waals surface area contributed by atoms with Crippen molar-refractivity contribution >= 4 is 0 Å². The van der Waals surface area contributed by atoms with Gasteiger partial charge in [0.15, 0.2) is 0 Å². The summed E-state index contributed by atoms with van der Waals surface area (Å²) in [5.74, 6) is -2.57. The Balaban J connectivity index is 1.99. The van der Waals surface area contributed by atoms with Gasteiger partial charge in [-0.2, -0.15) is 0 Å². The zero-order chi connectivity index (χ0) is 19.7. The number of benzene rings is 3. The van der Waals surface area contributed by atoms with Gasteiger partial charge in [0.25, 0.3) is 0 Å². The number of aromatic nitrogens is 1. The van der Waals surface area contributed by atoms with Crippen molar-refractivity contribution in [3.63, 3.8) is 0 Å². The van der Waals surface area contributed by atoms with E-state index in [2.05, 4.69) is 4.98 Å². The summed E-state index contributed by atoms with van der Waals surface area (Å²) in [6, 6.07) is 18.4. The van der Waals surface area contributed by atoms with Crippen molar-refractivity contribution in [2.75, 3.05) is 0 Å². The van der Waals surface area contributed by atoms with Crippen LogP contribution < -0.4 is 0 Å². The van der Waals surface area contributed by atoms with E-state index < -0.39 is 23.3 Å². The molecule has 0 aliphatic carbocycles. The van der Waals surface area contributed by atoms with E-state index in [0.717, 1.165) is 42.0 Å². The van der Waals surface area contributed by atoms with Gasteiger partial charge >= 0.3 is 0 Å². The molecule has 0 saturated heterocycles. The summed E-state index contributed by atoms with van der Waals surface area (Å²) in [6.45, 7) is 0. The van der Waals surface area contributed by atoms with E-state index in [-0.39, 0.29) is 22.5 Å². The first-order chi connectivity index (χ1) is 13.5. The first-order valence-corrected chi connectivity index (χ1v) is 8.49. The topological polar surface area (TPSA) is 12.9 Å². The molecule has 5 heteroatoms. The van der Waals surface area contributed by atoms with E-state index in [9.17, 15) is 17.6 Å². The van der Waals surface area contributed by atoms with Crippen LogP contribution in [0.25, 0.3) is 33.6 Å². The fraction of sp³-hybridized carbons (Fsp3) is 0. The molecule has 0 aliphatic heterocycles. The first kappa shape index (κ1) is 17.9. The molecule has 0 bridgehead atoms. The molecule has 0 amide bonds. The van der Waals surface area contributed by atoms with Gasteiger partial charge in [0, 0.05) is 11.1 Å². The Hall–Kier alpha value is -3.47. The summed E-state index contributed by atoms with van der Waals surface area (Å²) >= 11 is 0. The van der Waals surface area contributed by atoms with Crippen molar-refractivity contribution in [3.8, 4) is 33.6 Å². The Labute approximate surface area is 158 Å². The van der Waals surface area contributed by atoms with Gasteiger partial charge in [-0.05, 0) is 59.7 Å². The number of rotatable bonds is 3. The minimum atomic E-state index is -0.662. The van der Waals surface area contributed by atoms with Gasteiger partial charge in [-0.3, -0.25) is 0 Å². The predicted molar refractivity (Wildman–Crippen MR) is 100 cm³/mol. The standard InChI is InChI=1S/C23H13F4N/c24-16-6-8-20(26)18(12-16)22-10-15(14-4-2-1-3-5-14)11-23(28-22)19-13-17(25)7-9-21(19)27/h1-13H. The van der Waals surface area contributed by atoms with Crippen LogP contribution in [0.1, 0.15) is 0 Å². The van der Waals surface area contributed by atoms with Crippen LogP contribution in [-0.4, -0.2) is 4.98 Å². The van der Waals surface area contributed by atoms with Crippen molar-refractivity contribution in [2.45, 2.75) is 0 Å². The number of hydrogen-bond donors (Lipinski definition) is 0. The van der Waals surface area contributed by atoms with Crippen LogP contribution in [0.2, 0.25) is 0 Å². The van der Waals surface area contributed by atoms with Crippen LogP contribution >= 0.6 is 0 Å². The summed E-state index contributed by atoms with van der Waals surface area (Å²) in [5, 5.41) is 0. The number of halogens is 4. The fourth-order valence-electron chi connectivity index (χ4n) is 2.99. The minimum Gasteiger partial charge on any atom is -0.248 e. The van der Waals surface area contributed by atoms with Gasteiger partial charge in [0.2, 0.25) is 0 Å². The predicted octanol–water partition coefficient (Wildman–Crippen LogP) is 6.64. The van der Waals surface area contributed by atoms with E-state index in [1.54, 1.807) is 12.1 Å². The Morgan fingerprint density at radius 1 is 0.500 bits per heavy atom. The van der Waals surface area contributed by atoms with Crippen LogP contribution in [0.15, 0.2) is 78.9 Å². The van der Waals surface area contributed by atoms with Gasteiger partial charge in [-0.15, -0.1) is 0 Å². The molecule has 0 unspecified atom stereocenters. The Kier molecular flexibility index (Phi) is 4.65. The molecule has 4 rings (SSSR count). The number of hydrogen-bond acceptors (Lipinski definition) is 1. The van der Waals surface area contributed by atoms with Crippen molar-refractivity contribution in [1.82, 2.24) is 4.98 Å². The first-order valence-electron chi connectivity index (χ1n) is 8.49. The summed E-state index contributed by atoms with van der Waals surface area (Å²) < 4.78 is 56.0. The third-order valence-electron chi connectivity index (χ3n) is 4.34. The molecule has 1 heterocycles. The molecule has 0 saturated carbocycles. The SMILES string of the molecule is Fc1ccc(F)c(-c2cc(-c3ccccc3)cc(-c3cc(F)ccc3F)n2)c1. The van der Waals surface area contributed by atoms with Crippen LogP contribution in [0, 0.1) is 23.3 Å². The van der Waals surface area contributed by atoms with Crippen molar-refractivity contribution in [2.24, 2.45) is 0 Å². The van der Waals surface area contributed by atoms with Gasteiger partial charge in [0.1, 0.15) is 23.3 Å². The molecule has 0 atom stereocenters. The molecular weight excluding hydrogens is 366 g/mol. The van der Waals surface area contributed by atoms with Crippen LogP contribution in [-0.2, 0) is 0 Å². The zero-order valence-electron chi connectivity index (χ0n) is 14.5. The summed E-state index contributed by atoms with van der Waals surface area (Å²) in [5.41, 5.74) is 1.52. The van der Waals surface area contributed by atoms with Crippen molar-refractivity contribution in [3.05, 3.63) is 102 Å². The van der Waals surface area contributed by atoms with E-state index in [1.807, 2.05) is 30.3 Å². The van der Waals surface area contributed by atoms with E-state index in [4.69, 9.17) is 0 Å². The monoisotopic (exact) mass is 379 g/mol. The summed E-state index contributed by atoms with van der Waals surface area (Å²) in [6.07, 6.45) is 0. The van der Waals surface area contributed by atoms with Crippen molar-refractivity contribution in [1.29, 1.82) is 0 Å². The lowest BCUT2D eigenvalue weighted by molar-refractivity contribution is 0.601. The van der Waals surface area contributed by atoms with Gasteiger partial charge in [-0.25, -0.2) is 22.5 Å². The lowest BCUT2D eigenvalue weighted by Gasteiger charge is -2.11. The molecule has 1 nitrogen and oxygen atoms in total. The second-order valence-corrected chi connectivity index (χ2v) is 6.24. The molecule has 0 spiro atoms. The van der Waals surface area contributed by atoms with Gasteiger partial charge < -0.3 is 0 Å². The Morgan fingerprint density at radius 2 is 1.00 bits per heavy atom. The fourth-order valence-corrected chi connectivity index (χ4v) is 2.99. The van der Waals surface area contributed by atoms with E-state index in [1.165, 1.54) is 0 Å². The molecule has 0 N–H and O–H groups in total. The van der Waals surface area contributed by atoms with Crippen LogP contribution in [0.3, 0.4) is 0 Å². The minimum absolute atomic E-state index is 0.0594. The second kappa shape index (κ2) is 7.27. The summed E-state index contributed by atoms with van der Waals surface area (Å²) in [4.78, 5) is 4.29. The highest BCUT2D eigenvalue weighted by Gasteiger charge is 2.15. The largest absolute Gasteiger partial charge is 0.248 e. The third-order valence-corrected chi connectivity index (χ3v) is 4.34. The smallest absolute Gasteiger partial charge is 0.132 e. The molecule has 0 aliphatic rings. The molecule has 138 valence electrons. The van der Waals surface area contributed by atoms with Crippen LogP contribution in [0.4, 0.5) is 17.6 Å². The van der Waals surface area contributed by atoms with Gasteiger partial charge in [0.05, 0.1) is 11.4 Å². The Bertz CT molecular complexity index is 1090. The highest BCUT2D eigenvalue weighted by atomic mass is 19.1. The highest BCUT2D eigenvalue weighted by molar-refractivity contribution is 5.76. The maximum atomic E-state index is 14.3. The number of pyridine rings is 1. The van der Waals surface area contributed by atoms with E-state index in [0.29, 0.717) is 5.56 Å². The highest BCUT2D eigenvalue weighted by Crippen LogP contribution is 2.32. The number of nitrogens with zero attached hydrogens (tertiary/aromatic N) is 1. The lowest BCUT2D eigenvalue weighted by atomic mass is 9.99. The quantitative estimate of drug-likeness (QED) is 0.364. The zero-order valence-corrected chi connectivity index (χ0v) is 14.5. The molecule has 0 radical (unpaired) electrons. The average Bonchev–Trinajstić information content (AvgIpc) is 2.72.